The molecule has 3 unspecified atom stereocenters. The van der Waals surface area contributed by atoms with Crippen LogP contribution in [0.3, 0.4) is 0 Å². The Morgan fingerprint density at radius 1 is 0.963 bits per heavy atom. The van der Waals surface area contributed by atoms with Gasteiger partial charge in [-0.1, -0.05) is 69.7 Å². The predicted octanol–water partition coefficient (Wildman–Crippen LogP) is 5.78. The first-order chi connectivity index (χ1) is 12.7. The fourth-order valence-electron chi connectivity index (χ4n) is 5.71. The van der Waals surface area contributed by atoms with Gasteiger partial charge in [0, 0.05) is 0 Å². The third-order valence-electron chi connectivity index (χ3n) is 7.18. The Morgan fingerprint density at radius 2 is 1.70 bits per heavy atom. The maximum atomic E-state index is 11.8. The molecule has 1 fully saturated rings. The van der Waals surface area contributed by atoms with Gasteiger partial charge in [0.05, 0.1) is 0 Å². The topological polar surface area (TPSA) is 40.5 Å². The first-order valence-corrected chi connectivity index (χ1v) is 10.1. The highest BCUT2D eigenvalue weighted by Gasteiger charge is 2.55. The summed E-state index contributed by atoms with van der Waals surface area (Å²) in [6.07, 6.45) is 8.18. The minimum Gasteiger partial charge on any atom is -0.508 e. The number of rotatable bonds is 2. The van der Waals surface area contributed by atoms with Crippen molar-refractivity contribution in [2.45, 2.75) is 57.5 Å². The second kappa shape index (κ2) is 6.24. The summed E-state index contributed by atoms with van der Waals surface area (Å²) in [5, 5.41) is 22.0. The zero-order valence-electron chi connectivity index (χ0n) is 16.6. The number of hydrogen-bond donors (Lipinski definition) is 2. The molecule has 0 amide bonds. The van der Waals surface area contributed by atoms with Gasteiger partial charge in [0.2, 0.25) is 0 Å². The van der Waals surface area contributed by atoms with Crippen LogP contribution >= 0.6 is 0 Å². The molecule has 2 aliphatic rings. The van der Waals surface area contributed by atoms with Crippen molar-refractivity contribution in [2.75, 3.05) is 0 Å². The summed E-state index contributed by atoms with van der Waals surface area (Å²) in [6, 6.07) is 15.6. The molecule has 0 bridgehead atoms. The van der Waals surface area contributed by atoms with Gasteiger partial charge in [-0.2, -0.15) is 0 Å². The standard InChI is InChI=1S/C25H30O2/c1-23(2)13-7-14-24(3)21-16-19(26)10-11-20(21)25(27,17-22(23)24)15-12-18-8-5-4-6-9-18/h4-6,8-12,15-16,22,26-27H,7,13-14,17H2,1-3H3/b15-12+. The quantitative estimate of drug-likeness (QED) is 0.711. The third-order valence-corrected chi connectivity index (χ3v) is 7.18. The van der Waals surface area contributed by atoms with Crippen molar-refractivity contribution in [3.05, 3.63) is 71.3 Å². The molecule has 0 spiro atoms. The largest absolute Gasteiger partial charge is 0.508 e. The Labute approximate surface area is 162 Å². The van der Waals surface area contributed by atoms with Crippen molar-refractivity contribution in [1.82, 2.24) is 0 Å². The molecule has 27 heavy (non-hydrogen) atoms. The van der Waals surface area contributed by atoms with Crippen LogP contribution in [0.25, 0.3) is 6.08 Å². The molecule has 2 aliphatic carbocycles. The van der Waals surface area contributed by atoms with E-state index in [0.717, 1.165) is 29.5 Å². The Hall–Kier alpha value is -2.06. The summed E-state index contributed by atoms with van der Waals surface area (Å²) in [5.74, 6) is 0.645. The highest BCUT2D eigenvalue weighted by atomic mass is 16.3. The lowest BCUT2D eigenvalue weighted by atomic mass is 9.48. The molecule has 2 nitrogen and oxygen atoms in total. The second-order valence-electron chi connectivity index (χ2n) is 9.41. The monoisotopic (exact) mass is 362 g/mol. The molecule has 0 radical (unpaired) electrons. The summed E-state index contributed by atoms with van der Waals surface area (Å²) in [6.45, 7) is 7.01. The van der Waals surface area contributed by atoms with Crippen LogP contribution < -0.4 is 0 Å². The van der Waals surface area contributed by atoms with Crippen molar-refractivity contribution in [3.8, 4) is 5.75 Å². The van der Waals surface area contributed by atoms with Crippen molar-refractivity contribution < 1.29 is 10.2 Å². The lowest BCUT2D eigenvalue weighted by molar-refractivity contribution is -0.0414. The molecule has 142 valence electrons. The number of benzene rings is 2. The van der Waals surface area contributed by atoms with E-state index in [9.17, 15) is 10.2 Å². The Morgan fingerprint density at radius 3 is 2.44 bits per heavy atom. The Kier molecular flexibility index (Phi) is 4.23. The molecular formula is C25H30O2. The van der Waals surface area contributed by atoms with E-state index in [1.807, 2.05) is 42.5 Å². The van der Waals surface area contributed by atoms with E-state index in [1.54, 1.807) is 6.07 Å². The molecule has 0 aromatic heterocycles. The predicted molar refractivity (Wildman–Crippen MR) is 111 cm³/mol. The van der Waals surface area contributed by atoms with Gasteiger partial charge in [-0.25, -0.2) is 0 Å². The van der Waals surface area contributed by atoms with E-state index in [2.05, 4.69) is 32.9 Å². The van der Waals surface area contributed by atoms with Crippen LogP contribution in [0.2, 0.25) is 0 Å². The van der Waals surface area contributed by atoms with Crippen molar-refractivity contribution in [3.63, 3.8) is 0 Å². The molecule has 2 heteroatoms. The number of fused-ring (bicyclic) bond motifs is 3. The van der Waals surface area contributed by atoms with Crippen LogP contribution in [0.1, 0.15) is 63.1 Å². The van der Waals surface area contributed by atoms with E-state index < -0.39 is 5.60 Å². The lowest BCUT2D eigenvalue weighted by Gasteiger charge is -2.57. The fraction of sp³-hybridized carbons (Fsp3) is 0.440. The summed E-state index contributed by atoms with van der Waals surface area (Å²) in [4.78, 5) is 0. The highest BCUT2D eigenvalue weighted by molar-refractivity contribution is 5.55. The van der Waals surface area contributed by atoms with Gasteiger partial charge in [-0.15, -0.1) is 0 Å². The van der Waals surface area contributed by atoms with Crippen LogP contribution in [-0.2, 0) is 11.0 Å². The van der Waals surface area contributed by atoms with Gasteiger partial charge in [0.15, 0.2) is 0 Å². The van der Waals surface area contributed by atoms with Gasteiger partial charge in [0.1, 0.15) is 11.4 Å². The second-order valence-corrected chi connectivity index (χ2v) is 9.41. The molecule has 0 saturated heterocycles. The number of aliphatic hydroxyl groups is 1. The minimum absolute atomic E-state index is 0.0113. The third kappa shape index (κ3) is 3.00. The average Bonchev–Trinajstić information content (AvgIpc) is 2.63. The summed E-state index contributed by atoms with van der Waals surface area (Å²) >= 11 is 0. The summed E-state index contributed by atoms with van der Waals surface area (Å²) in [5.41, 5.74) is 2.28. The zero-order valence-corrected chi connectivity index (χ0v) is 16.6. The number of hydrogen-bond acceptors (Lipinski definition) is 2. The van der Waals surface area contributed by atoms with Crippen LogP contribution in [0.4, 0.5) is 0 Å². The van der Waals surface area contributed by atoms with Gasteiger partial charge in [-0.05, 0) is 70.9 Å². The highest BCUT2D eigenvalue weighted by Crippen LogP contribution is 2.61. The van der Waals surface area contributed by atoms with Crippen molar-refractivity contribution in [1.29, 1.82) is 0 Å². The first kappa shape index (κ1) is 18.3. The SMILES string of the molecule is CC1(C)CCCC2(C)c3cc(O)ccc3C(O)(/C=C/c3ccccc3)CC12. The molecular weight excluding hydrogens is 332 g/mol. The van der Waals surface area contributed by atoms with Crippen molar-refractivity contribution in [2.24, 2.45) is 11.3 Å². The van der Waals surface area contributed by atoms with Crippen LogP contribution in [-0.4, -0.2) is 10.2 Å². The van der Waals surface area contributed by atoms with E-state index in [4.69, 9.17) is 0 Å². The molecule has 2 N–H and O–H groups in total. The molecule has 0 heterocycles. The fourth-order valence-corrected chi connectivity index (χ4v) is 5.71. The lowest BCUT2D eigenvalue weighted by Crippen LogP contribution is -2.52. The maximum Gasteiger partial charge on any atom is 0.115 e. The molecule has 2 aromatic rings. The molecule has 1 saturated carbocycles. The minimum atomic E-state index is -1.02. The first-order valence-electron chi connectivity index (χ1n) is 10.1. The van der Waals surface area contributed by atoms with Gasteiger partial charge in [-0.3, -0.25) is 0 Å². The maximum absolute atomic E-state index is 11.8. The zero-order chi connectivity index (χ0) is 19.3. The smallest absolute Gasteiger partial charge is 0.115 e. The molecule has 4 rings (SSSR count). The van der Waals surface area contributed by atoms with E-state index >= 15 is 0 Å². The van der Waals surface area contributed by atoms with Crippen molar-refractivity contribution >= 4 is 6.08 Å². The van der Waals surface area contributed by atoms with E-state index in [1.165, 1.54) is 12.8 Å². The molecule has 3 atom stereocenters. The normalized spacial score (nSPS) is 32.1. The van der Waals surface area contributed by atoms with Gasteiger partial charge >= 0.3 is 0 Å². The van der Waals surface area contributed by atoms with E-state index in [-0.39, 0.29) is 16.6 Å². The van der Waals surface area contributed by atoms with Gasteiger partial charge in [0.25, 0.3) is 0 Å². The summed E-state index contributed by atoms with van der Waals surface area (Å²) in [7, 11) is 0. The van der Waals surface area contributed by atoms with Crippen LogP contribution in [0.15, 0.2) is 54.6 Å². The molecule has 2 aromatic carbocycles. The average molecular weight is 363 g/mol. The number of phenols is 1. The van der Waals surface area contributed by atoms with Gasteiger partial charge < -0.3 is 10.2 Å². The number of aromatic hydroxyl groups is 1. The van der Waals surface area contributed by atoms with Crippen LogP contribution in [0.5, 0.6) is 5.75 Å². The number of phenolic OH excluding ortho intramolecular Hbond substituents is 1. The van der Waals surface area contributed by atoms with Crippen LogP contribution in [0, 0.1) is 11.3 Å². The summed E-state index contributed by atoms with van der Waals surface area (Å²) < 4.78 is 0. The Balaban J connectivity index is 1.86. The molecule has 0 aliphatic heterocycles. The Bertz CT molecular complexity index is 867. The van der Waals surface area contributed by atoms with E-state index in [0.29, 0.717) is 5.92 Å².